The van der Waals surface area contributed by atoms with Crippen LogP contribution in [0.25, 0.3) is 0 Å². The molecule has 1 fully saturated rings. The highest BCUT2D eigenvalue weighted by Crippen LogP contribution is 2.44. The van der Waals surface area contributed by atoms with E-state index in [1.165, 1.54) is 5.57 Å². The summed E-state index contributed by atoms with van der Waals surface area (Å²) < 4.78 is 0. The van der Waals surface area contributed by atoms with E-state index in [0.717, 1.165) is 12.8 Å². The average molecular weight is 140 g/mol. The molecular formula is C9H16O. The van der Waals surface area contributed by atoms with E-state index in [4.69, 9.17) is 5.11 Å². The number of hydrogen-bond acceptors (Lipinski definition) is 1. The Morgan fingerprint density at radius 1 is 1.80 bits per heavy atom. The van der Waals surface area contributed by atoms with Gasteiger partial charge in [-0.1, -0.05) is 26.0 Å². The monoisotopic (exact) mass is 140 g/mol. The lowest BCUT2D eigenvalue weighted by Gasteiger charge is -2.26. The van der Waals surface area contributed by atoms with E-state index in [1.54, 1.807) is 0 Å². The second-order valence-corrected chi connectivity index (χ2v) is 3.69. The largest absolute Gasteiger partial charge is 0.396 e. The van der Waals surface area contributed by atoms with Crippen LogP contribution < -0.4 is 0 Å². The predicted octanol–water partition coefficient (Wildman–Crippen LogP) is 1.97. The van der Waals surface area contributed by atoms with Gasteiger partial charge in [-0.05, 0) is 24.2 Å². The molecule has 1 saturated carbocycles. The second-order valence-electron chi connectivity index (χ2n) is 3.69. The third-order valence-corrected chi connectivity index (χ3v) is 3.04. The third-order valence-electron chi connectivity index (χ3n) is 3.04. The Kier molecular flexibility index (Phi) is 1.86. The second kappa shape index (κ2) is 2.39. The maximum Gasteiger partial charge on any atom is 0.0490 e. The molecule has 0 aliphatic heterocycles. The fourth-order valence-corrected chi connectivity index (χ4v) is 1.59. The van der Waals surface area contributed by atoms with E-state index in [0.29, 0.717) is 12.5 Å². The predicted molar refractivity (Wildman–Crippen MR) is 42.7 cm³/mol. The van der Waals surface area contributed by atoms with Crippen molar-refractivity contribution in [2.45, 2.75) is 26.7 Å². The standard InChI is InChI=1S/C9H16O/c1-7-4-5-9(3,6-10)8(7)2/h8,10H,1,4-6H2,2-3H3. The van der Waals surface area contributed by atoms with Gasteiger partial charge in [-0.3, -0.25) is 0 Å². The van der Waals surface area contributed by atoms with Crippen LogP contribution in [-0.2, 0) is 0 Å². The fraction of sp³-hybridized carbons (Fsp3) is 0.778. The van der Waals surface area contributed by atoms with Crippen LogP contribution in [0.5, 0.6) is 0 Å². The smallest absolute Gasteiger partial charge is 0.0490 e. The first kappa shape index (κ1) is 7.80. The van der Waals surface area contributed by atoms with Crippen molar-refractivity contribution in [3.05, 3.63) is 12.2 Å². The molecule has 0 radical (unpaired) electrons. The van der Waals surface area contributed by atoms with Gasteiger partial charge in [-0.25, -0.2) is 0 Å². The molecule has 1 aliphatic rings. The van der Waals surface area contributed by atoms with Crippen molar-refractivity contribution >= 4 is 0 Å². The van der Waals surface area contributed by atoms with Crippen molar-refractivity contribution in [2.75, 3.05) is 6.61 Å². The van der Waals surface area contributed by atoms with Gasteiger partial charge < -0.3 is 5.11 Å². The Morgan fingerprint density at radius 2 is 2.40 bits per heavy atom. The Labute approximate surface area is 62.8 Å². The van der Waals surface area contributed by atoms with Crippen LogP contribution in [0.15, 0.2) is 12.2 Å². The third kappa shape index (κ3) is 0.988. The number of aliphatic hydroxyl groups excluding tert-OH is 1. The van der Waals surface area contributed by atoms with E-state index in [1.807, 2.05) is 0 Å². The first-order valence-corrected chi connectivity index (χ1v) is 3.89. The SMILES string of the molecule is C=C1CCC(C)(CO)C1C. The normalized spacial score (nSPS) is 40.7. The van der Waals surface area contributed by atoms with E-state index in [-0.39, 0.29) is 5.41 Å². The van der Waals surface area contributed by atoms with Gasteiger partial charge in [0.25, 0.3) is 0 Å². The van der Waals surface area contributed by atoms with Gasteiger partial charge in [0.2, 0.25) is 0 Å². The molecule has 0 amide bonds. The zero-order valence-corrected chi connectivity index (χ0v) is 6.85. The Bertz CT molecular complexity index is 151. The Morgan fingerprint density at radius 3 is 2.60 bits per heavy atom. The minimum atomic E-state index is 0.122. The molecule has 0 heterocycles. The lowest BCUT2D eigenvalue weighted by Crippen LogP contribution is -2.24. The number of allylic oxidation sites excluding steroid dienone is 1. The quantitative estimate of drug-likeness (QED) is 0.552. The van der Waals surface area contributed by atoms with Crippen molar-refractivity contribution in [2.24, 2.45) is 11.3 Å². The minimum absolute atomic E-state index is 0.122. The van der Waals surface area contributed by atoms with Crippen molar-refractivity contribution < 1.29 is 5.11 Å². The van der Waals surface area contributed by atoms with Gasteiger partial charge in [0.05, 0.1) is 0 Å². The molecule has 2 unspecified atom stereocenters. The van der Waals surface area contributed by atoms with Crippen LogP contribution in [0.3, 0.4) is 0 Å². The molecule has 1 rings (SSSR count). The van der Waals surface area contributed by atoms with Crippen molar-refractivity contribution in [3.63, 3.8) is 0 Å². The highest BCUT2D eigenvalue weighted by atomic mass is 16.3. The zero-order chi connectivity index (χ0) is 7.78. The lowest BCUT2D eigenvalue weighted by atomic mass is 9.81. The summed E-state index contributed by atoms with van der Waals surface area (Å²) in [5.74, 6) is 0.498. The summed E-state index contributed by atoms with van der Waals surface area (Å²) in [5, 5.41) is 9.07. The van der Waals surface area contributed by atoms with E-state index in [2.05, 4.69) is 20.4 Å². The zero-order valence-electron chi connectivity index (χ0n) is 6.85. The summed E-state index contributed by atoms with van der Waals surface area (Å²) in [6, 6.07) is 0. The van der Waals surface area contributed by atoms with Gasteiger partial charge >= 0.3 is 0 Å². The summed E-state index contributed by atoms with van der Waals surface area (Å²) in [5.41, 5.74) is 1.42. The number of aliphatic hydroxyl groups is 1. The lowest BCUT2D eigenvalue weighted by molar-refractivity contribution is 0.117. The molecule has 2 atom stereocenters. The number of rotatable bonds is 1. The van der Waals surface area contributed by atoms with Crippen molar-refractivity contribution in [3.8, 4) is 0 Å². The summed E-state index contributed by atoms with van der Waals surface area (Å²) in [6.45, 7) is 8.56. The Hall–Kier alpha value is -0.300. The van der Waals surface area contributed by atoms with E-state index in [9.17, 15) is 0 Å². The fourth-order valence-electron chi connectivity index (χ4n) is 1.59. The minimum Gasteiger partial charge on any atom is -0.396 e. The van der Waals surface area contributed by atoms with E-state index < -0.39 is 0 Å². The topological polar surface area (TPSA) is 20.2 Å². The van der Waals surface area contributed by atoms with Crippen LogP contribution in [0.2, 0.25) is 0 Å². The maximum atomic E-state index is 9.07. The van der Waals surface area contributed by atoms with Gasteiger partial charge in [0.1, 0.15) is 0 Å². The molecule has 0 bridgehead atoms. The van der Waals surface area contributed by atoms with Gasteiger partial charge in [0.15, 0.2) is 0 Å². The summed E-state index contributed by atoms with van der Waals surface area (Å²) in [6.07, 6.45) is 2.20. The molecule has 0 aromatic rings. The van der Waals surface area contributed by atoms with Gasteiger partial charge in [0, 0.05) is 6.61 Å². The van der Waals surface area contributed by atoms with Crippen LogP contribution in [0.1, 0.15) is 26.7 Å². The molecule has 10 heavy (non-hydrogen) atoms. The number of hydrogen-bond donors (Lipinski definition) is 1. The molecule has 1 aliphatic carbocycles. The first-order valence-electron chi connectivity index (χ1n) is 3.89. The van der Waals surface area contributed by atoms with Crippen LogP contribution in [-0.4, -0.2) is 11.7 Å². The molecule has 58 valence electrons. The highest BCUT2D eigenvalue weighted by Gasteiger charge is 2.37. The first-order chi connectivity index (χ1) is 4.60. The highest BCUT2D eigenvalue weighted by molar-refractivity contribution is 5.11. The van der Waals surface area contributed by atoms with Crippen molar-refractivity contribution in [1.29, 1.82) is 0 Å². The van der Waals surface area contributed by atoms with Crippen LogP contribution in [0, 0.1) is 11.3 Å². The van der Waals surface area contributed by atoms with Gasteiger partial charge in [-0.2, -0.15) is 0 Å². The van der Waals surface area contributed by atoms with E-state index >= 15 is 0 Å². The molecule has 0 spiro atoms. The molecule has 1 N–H and O–H groups in total. The molecular weight excluding hydrogens is 124 g/mol. The molecule has 0 aromatic carbocycles. The molecule has 0 aromatic heterocycles. The molecule has 0 saturated heterocycles. The summed E-state index contributed by atoms with van der Waals surface area (Å²) in [7, 11) is 0. The maximum absolute atomic E-state index is 9.07. The molecule has 1 nitrogen and oxygen atoms in total. The van der Waals surface area contributed by atoms with Crippen molar-refractivity contribution in [1.82, 2.24) is 0 Å². The van der Waals surface area contributed by atoms with Gasteiger partial charge in [-0.15, -0.1) is 0 Å². The summed E-state index contributed by atoms with van der Waals surface area (Å²) >= 11 is 0. The Balaban J connectivity index is 2.73. The average Bonchev–Trinajstić information content (AvgIpc) is 2.19. The molecule has 1 heteroatoms. The summed E-state index contributed by atoms with van der Waals surface area (Å²) in [4.78, 5) is 0. The van der Waals surface area contributed by atoms with Crippen LogP contribution >= 0.6 is 0 Å². The van der Waals surface area contributed by atoms with Crippen LogP contribution in [0.4, 0.5) is 0 Å².